The summed E-state index contributed by atoms with van der Waals surface area (Å²) in [6, 6.07) is 13.3. The fraction of sp³-hybridized carbons (Fsp3) is 0.350. The second-order valence-corrected chi connectivity index (χ2v) is 9.26. The quantitative estimate of drug-likeness (QED) is 0.797. The highest BCUT2D eigenvalue weighted by molar-refractivity contribution is 7.89. The molecule has 0 unspecified atom stereocenters. The molecule has 0 aromatic heterocycles. The van der Waals surface area contributed by atoms with Gasteiger partial charge in [-0.05, 0) is 68.4 Å². The van der Waals surface area contributed by atoms with Crippen molar-refractivity contribution in [2.24, 2.45) is 0 Å². The van der Waals surface area contributed by atoms with E-state index in [-0.39, 0.29) is 0 Å². The Bertz CT molecular complexity index is 932. The maximum Gasteiger partial charge on any atom is 0.243 e. The molecule has 0 atom stereocenters. The molecule has 0 radical (unpaired) electrons. The van der Waals surface area contributed by atoms with Gasteiger partial charge in [0.2, 0.25) is 10.0 Å². The van der Waals surface area contributed by atoms with E-state index in [1.165, 1.54) is 5.56 Å². The maximum atomic E-state index is 12.9. The monoisotopic (exact) mass is 403 g/mol. The van der Waals surface area contributed by atoms with Crippen molar-refractivity contribution < 1.29 is 8.42 Å². The molecule has 1 saturated heterocycles. The second kappa shape index (κ2) is 7.96. The number of anilines is 1. The van der Waals surface area contributed by atoms with Gasteiger partial charge >= 0.3 is 0 Å². The summed E-state index contributed by atoms with van der Waals surface area (Å²) in [4.78, 5) is 2.38. The molecule has 144 valence electrons. The lowest BCUT2D eigenvalue weighted by molar-refractivity contribution is 0.268. The smallest absolute Gasteiger partial charge is 0.243 e. The van der Waals surface area contributed by atoms with Crippen molar-refractivity contribution in [1.29, 1.82) is 0 Å². The first kappa shape index (κ1) is 19.8. The largest absolute Gasteiger partial charge is 0.346 e. The van der Waals surface area contributed by atoms with Crippen LogP contribution in [0.15, 0.2) is 47.4 Å². The van der Waals surface area contributed by atoms with Gasteiger partial charge in [-0.25, -0.2) is 8.42 Å². The van der Waals surface area contributed by atoms with Crippen LogP contribution in [0.3, 0.4) is 0 Å². The summed E-state index contributed by atoms with van der Waals surface area (Å²) in [5, 5.41) is 3.85. The van der Waals surface area contributed by atoms with Crippen molar-refractivity contribution in [3.8, 4) is 0 Å². The highest BCUT2D eigenvalue weighted by atomic mass is 32.2. The minimum atomic E-state index is -3.47. The van der Waals surface area contributed by atoms with Gasteiger partial charge in [0, 0.05) is 31.9 Å². The zero-order chi connectivity index (χ0) is 19.6. The van der Waals surface area contributed by atoms with E-state index in [0.29, 0.717) is 36.2 Å². The van der Waals surface area contributed by atoms with Crippen LogP contribution in [0.5, 0.6) is 0 Å². The Kier molecular flexibility index (Phi) is 5.83. The Hall–Kier alpha value is -1.96. The van der Waals surface area contributed by atoms with Gasteiger partial charge in [0.15, 0.2) is 5.11 Å². The van der Waals surface area contributed by atoms with E-state index >= 15 is 0 Å². The SMILES string of the molecule is Cc1ccc(NC(=S)N2CCN(S(=O)(=O)c3ccc(C)c(C)c3)CC2)cc1. The van der Waals surface area contributed by atoms with Crippen molar-refractivity contribution in [3.05, 3.63) is 59.2 Å². The maximum absolute atomic E-state index is 12.9. The minimum absolute atomic E-state index is 0.361. The van der Waals surface area contributed by atoms with Crippen molar-refractivity contribution in [2.75, 3.05) is 31.5 Å². The van der Waals surface area contributed by atoms with Crippen molar-refractivity contribution in [1.82, 2.24) is 9.21 Å². The first-order chi connectivity index (χ1) is 12.8. The molecule has 0 spiro atoms. The van der Waals surface area contributed by atoms with E-state index in [1.807, 2.05) is 56.0 Å². The lowest BCUT2D eigenvalue weighted by atomic mass is 10.1. The molecule has 0 amide bonds. The predicted octanol–water partition coefficient (Wildman–Crippen LogP) is 3.32. The summed E-state index contributed by atoms with van der Waals surface area (Å²) in [5.41, 5.74) is 4.21. The molecular formula is C20H25N3O2S2. The lowest BCUT2D eigenvalue weighted by Gasteiger charge is -2.35. The zero-order valence-electron chi connectivity index (χ0n) is 15.9. The van der Waals surface area contributed by atoms with Gasteiger partial charge in [-0.3, -0.25) is 0 Å². The van der Waals surface area contributed by atoms with Crippen LogP contribution in [-0.2, 0) is 10.0 Å². The molecule has 5 nitrogen and oxygen atoms in total. The molecule has 7 heteroatoms. The Labute approximate surface area is 167 Å². The number of nitrogens with one attached hydrogen (secondary N) is 1. The lowest BCUT2D eigenvalue weighted by Crippen LogP contribution is -2.51. The van der Waals surface area contributed by atoms with E-state index in [2.05, 4.69) is 5.32 Å². The fourth-order valence-corrected chi connectivity index (χ4v) is 4.80. The predicted molar refractivity (Wildman–Crippen MR) is 114 cm³/mol. The number of benzene rings is 2. The molecule has 2 aromatic rings. The average Bonchev–Trinajstić information content (AvgIpc) is 2.66. The summed E-state index contributed by atoms with van der Waals surface area (Å²) in [5.74, 6) is 0. The molecule has 0 saturated carbocycles. The third kappa shape index (κ3) is 4.48. The third-order valence-electron chi connectivity index (χ3n) is 4.94. The van der Waals surface area contributed by atoms with Gasteiger partial charge in [-0.15, -0.1) is 0 Å². The molecule has 2 aromatic carbocycles. The highest BCUT2D eigenvalue weighted by Gasteiger charge is 2.29. The molecule has 27 heavy (non-hydrogen) atoms. The molecule has 1 aliphatic heterocycles. The average molecular weight is 404 g/mol. The van der Waals surface area contributed by atoms with Crippen LogP contribution in [0.4, 0.5) is 5.69 Å². The molecule has 0 bridgehead atoms. The number of hydrogen-bond donors (Lipinski definition) is 1. The van der Waals surface area contributed by atoms with Gasteiger partial charge in [0.25, 0.3) is 0 Å². The van der Waals surface area contributed by atoms with Crippen LogP contribution in [0.25, 0.3) is 0 Å². The Balaban J connectivity index is 1.63. The van der Waals surface area contributed by atoms with E-state index < -0.39 is 10.0 Å². The number of thiocarbonyl (C=S) groups is 1. The number of sulfonamides is 1. The number of nitrogens with zero attached hydrogens (tertiary/aromatic N) is 2. The van der Waals surface area contributed by atoms with Crippen molar-refractivity contribution >= 4 is 33.0 Å². The number of aryl methyl sites for hydroxylation is 3. The minimum Gasteiger partial charge on any atom is -0.346 e. The fourth-order valence-electron chi connectivity index (χ4n) is 2.99. The van der Waals surface area contributed by atoms with E-state index in [4.69, 9.17) is 12.2 Å². The van der Waals surface area contributed by atoms with Crippen molar-refractivity contribution in [2.45, 2.75) is 25.7 Å². The Morgan fingerprint density at radius 1 is 0.926 bits per heavy atom. The highest BCUT2D eigenvalue weighted by Crippen LogP contribution is 2.21. The van der Waals surface area contributed by atoms with Crippen LogP contribution >= 0.6 is 12.2 Å². The van der Waals surface area contributed by atoms with E-state index in [1.54, 1.807) is 16.4 Å². The first-order valence-electron chi connectivity index (χ1n) is 8.97. The summed E-state index contributed by atoms with van der Waals surface area (Å²) in [6.45, 7) is 7.94. The van der Waals surface area contributed by atoms with E-state index in [9.17, 15) is 8.42 Å². The molecule has 1 aliphatic rings. The second-order valence-electron chi connectivity index (χ2n) is 6.93. The normalized spacial score (nSPS) is 15.6. The van der Waals surface area contributed by atoms with Gasteiger partial charge in [-0.2, -0.15) is 4.31 Å². The Morgan fingerprint density at radius 2 is 1.56 bits per heavy atom. The topological polar surface area (TPSA) is 52.6 Å². The van der Waals surface area contributed by atoms with Gasteiger partial charge < -0.3 is 10.2 Å². The van der Waals surface area contributed by atoms with Gasteiger partial charge in [0.1, 0.15) is 0 Å². The molecule has 0 aliphatic carbocycles. The third-order valence-corrected chi connectivity index (χ3v) is 7.20. The number of hydrogen-bond acceptors (Lipinski definition) is 3. The van der Waals surface area contributed by atoms with Crippen LogP contribution in [0.1, 0.15) is 16.7 Å². The van der Waals surface area contributed by atoms with Crippen LogP contribution in [0.2, 0.25) is 0 Å². The van der Waals surface area contributed by atoms with E-state index in [0.717, 1.165) is 16.8 Å². The molecular weight excluding hydrogens is 378 g/mol. The number of piperazine rings is 1. The van der Waals surface area contributed by atoms with Crippen LogP contribution in [0, 0.1) is 20.8 Å². The zero-order valence-corrected chi connectivity index (χ0v) is 17.5. The molecule has 1 heterocycles. The molecule has 1 fully saturated rings. The first-order valence-corrected chi connectivity index (χ1v) is 10.8. The molecule has 3 rings (SSSR count). The Morgan fingerprint density at radius 3 is 2.15 bits per heavy atom. The summed E-state index contributed by atoms with van der Waals surface area (Å²) < 4.78 is 27.4. The summed E-state index contributed by atoms with van der Waals surface area (Å²) in [6.07, 6.45) is 0. The summed E-state index contributed by atoms with van der Waals surface area (Å²) >= 11 is 5.49. The van der Waals surface area contributed by atoms with Gasteiger partial charge in [-0.1, -0.05) is 23.8 Å². The van der Waals surface area contributed by atoms with Crippen molar-refractivity contribution in [3.63, 3.8) is 0 Å². The van der Waals surface area contributed by atoms with Gasteiger partial charge in [0.05, 0.1) is 4.90 Å². The molecule has 1 N–H and O–H groups in total. The number of rotatable bonds is 3. The van der Waals surface area contributed by atoms with Crippen LogP contribution in [-0.4, -0.2) is 48.9 Å². The summed E-state index contributed by atoms with van der Waals surface area (Å²) in [7, 11) is -3.47. The van der Waals surface area contributed by atoms with Crippen LogP contribution < -0.4 is 5.32 Å². The standard InChI is InChI=1S/C20H25N3O2S2/c1-15-4-7-18(8-5-15)21-20(26)22-10-12-23(13-11-22)27(24,25)19-9-6-16(2)17(3)14-19/h4-9,14H,10-13H2,1-3H3,(H,21,26).